The summed E-state index contributed by atoms with van der Waals surface area (Å²) in [5.41, 5.74) is 3.00. The summed E-state index contributed by atoms with van der Waals surface area (Å²) in [6.45, 7) is 1.37. The summed E-state index contributed by atoms with van der Waals surface area (Å²) >= 11 is 0. The van der Waals surface area contributed by atoms with Crippen LogP contribution in [0, 0.1) is 0 Å². The summed E-state index contributed by atoms with van der Waals surface area (Å²) in [4.78, 5) is 37.4. The van der Waals surface area contributed by atoms with Gasteiger partial charge in [0.2, 0.25) is 5.91 Å². The van der Waals surface area contributed by atoms with E-state index < -0.39 is 0 Å². The lowest BCUT2D eigenvalue weighted by Gasteiger charge is -2.17. The molecule has 3 aromatic rings. The summed E-state index contributed by atoms with van der Waals surface area (Å²) in [5, 5.41) is 10.6. The van der Waals surface area contributed by atoms with E-state index in [0.29, 0.717) is 22.3 Å². The van der Waals surface area contributed by atoms with Gasteiger partial charge in [-0.1, -0.05) is 5.21 Å². The number of likely N-dealkylation sites (N-methyl/N-ethyl adjacent to an activating group) is 1. The molecule has 0 radical (unpaired) electrons. The van der Waals surface area contributed by atoms with Crippen LogP contribution in [-0.4, -0.2) is 51.1 Å². The molecule has 8 heteroatoms. The molecule has 1 N–H and O–H groups in total. The number of aromatic nitrogens is 3. The predicted octanol–water partition coefficient (Wildman–Crippen LogP) is 1.88. The van der Waals surface area contributed by atoms with Gasteiger partial charge >= 0.3 is 0 Å². The Balaban J connectivity index is 1.64. The molecule has 0 aliphatic carbocycles. The van der Waals surface area contributed by atoms with E-state index in [0.717, 1.165) is 5.52 Å². The lowest BCUT2D eigenvalue weighted by Crippen LogP contribution is -2.34. The number of ketones is 1. The van der Waals surface area contributed by atoms with E-state index in [1.807, 2.05) is 0 Å². The van der Waals surface area contributed by atoms with Gasteiger partial charge < -0.3 is 10.2 Å². The second-order valence-corrected chi connectivity index (χ2v) is 6.26. The minimum absolute atomic E-state index is 0.0433. The molecule has 0 atom stereocenters. The average Bonchev–Trinajstić information content (AvgIpc) is 3.01. The largest absolute Gasteiger partial charge is 0.332 e. The highest BCUT2D eigenvalue weighted by Crippen LogP contribution is 2.14. The minimum Gasteiger partial charge on any atom is -0.332 e. The second-order valence-electron chi connectivity index (χ2n) is 6.26. The Morgan fingerprint density at radius 2 is 1.74 bits per heavy atom. The summed E-state index contributed by atoms with van der Waals surface area (Å²) in [5.74, 6) is -0.662. The number of hydrogen-bond acceptors (Lipinski definition) is 5. The molecule has 2 aromatic carbocycles. The van der Waals surface area contributed by atoms with Crippen molar-refractivity contribution in [1.82, 2.24) is 19.9 Å². The monoisotopic (exact) mass is 365 g/mol. The summed E-state index contributed by atoms with van der Waals surface area (Å²) < 4.78 is 1.62. The number of anilines is 1. The number of aryl methyl sites for hydroxylation is 1. The van der Waals surface area contributed by atoms with Crippen molar-refractivity contribution in [3.8, 4) is 0 Å². The molecule has 8 nitrogen and oxygen atoms in total. The van der Waals surface area contributed by atoms with Gasteiger partial charge in [0.05, 0.1) is 12.1 Å². The normalized spacial score (nSPS) is 10.6. The van der Waals surface area contributed by atoms with Crippen LogP contribution in [0.25, 0.3) is 11.0 Å². The van der Waals surface area contributed by atoms with Crippen molar-refractivity contribution in [2.24, 2.45) is 7.05 Å². The SMILES string of the molecule is CC(=O)c1ccc(NC(=O)CN(C)C(=O)c2ccc3c(c2)nnn3C)cc1. The Kier molecular flexibility index (Phi) is 4.98. The third-order valence-corrected chi connectivity index (χ3v) is 4.16. The zero-order valence-corrected chi connectivity index (χ0v) is 15.3. The van der Waals surface area contributed by atoms with Crippen LogP contribution in [0.15, 0.2) is 42.5 Å². The van der Waals surface area contributed by atoms with E-state index in [-0.39, 0.29) is 24.1 Å². The molecule has 1 heterocycles. The quantitative estimate of drug-likeness (QED) is 0.696. The number of benzene rings is 2. The van der Waals surface area contributed by atoms with Gasteiger partial charge in [-0.2, -0.15) is 0 Å². The van der Waals surface area contributed by atoms with Crippen molar-refractivity contribution in [1.29, 1.82) is 0 Å². The van der Waals surface area contributed by atoms with E-state index in [9.17, 15) is 14.4 Å². The fourth-order valence-electron chi connectivity index (χ4n) is 2.67. The Bertz CT molecular complexity index is 1020. The van der Waals surface area contributed by atoms with Crippen molar-refractivity contribution >= 4 is 34.3 Å². The molecular formula is C19H19N5O3. The van der Waals surface area contributed by atoms with Crippen LogP contribution < -0.4 is 5.32 Å². The maximum absolute atomic E-state index is 12.6. The molecule has 0 aliphatic rings. The van der Waals surface area contributed by atoms with Gasteiger partial charge in [-0.3, -0.25) is 14.4 Å². The van der Waals surface area contributed by atoms with Crippen LogP contribution in [-0.2, 0) is 11.8 Å². The smallest absolute Gasteiger partial charge is 0.254 e. The molecule has 0 saturated carbocycles. The Hall–Kier alpha value is -3.55. The molecule has 2 amide bonds. The maximum atomic E-state index is 12.6. The molecule has 27 heavy (non-hydrogen) atoms. The highest BCUT2D eigenvalue weighted by Gasteiger charge is 2.16. The van der Waals surface area contributed by atoms with Crippen molar-refractivity contribution in [3.63, 3.8) is 0 Å². The van der Waals surface area contributed by atoms with Crippen molar-refractivity contribution in [2.45, 2.75) is 6.92 Å². The van der Waals surface area contributed by atoms with E-state index in [2.05, 4.69) is 15.6 Å². The zero-order chi connectivity index (χ0) is 19.6. The number of fused-ring (bicyclic) bond motifs is 1. The van der Waals surface area contributed by atoms with E-state index in [1.54, 1.807) is 61.2 Å². The molecule has 0 fully saturated rings. The first-order valence-corrected chi connectivity index (χ1v) is 8.31. The van der Waals surface area contributed by atoms with E-state index in [1.165, 1.54) is 11.8 Å². The molecule has 0 spiro atoms. The molecule has 1 aromatic heterocycles. The number of nitrogens with one attached hydrogen (secondary N) is 1. The van der Waals surface area contributed by atoms with Gasteiger partial charge in [0.1, 0.15) is 5.52 Å². The van der Waals surface area contributed by atoms with E-state index in [4.69, 9.17) is 0 Å². The number of amides is 2. The molecule has 0 bridgehead atoms. The highest BCUT2D eigenvalue weighted by atomic mass is 16.2. The van der Waals surface area contributed by atoms with Crippen LogP contribution in [0.1, 0.15) is 27.6 Å². The van der Waals surface area contributed by atoms with Gasteiger partial charge in [0.15, 0.2) is 5.78 Å². The topological polar surface area (TPSA) is 97.2 Å². The lowest BCUT2D eigenvalue weighted by atomic mass is 10.1. The number of carbonyl (C=O) groups is 3. The van der Waals surface area contributed by atoms with Crippen LogP contribution in [0.5, 0.6) is 0 Å². The minimum atomic E-state index is -0.331. The summed E-state index contributed by atoms with van der Waals surface area (Å²) in [7, 11) is 3.33. The van der Waals surface area contributed by atoms with Gasteiger partial charge in [-0.05, 0) is 49.4 Å². The molecule has 0 aliphatic heterocycles. The zero-order valence-electron chi connectivity index (χ0n) is 15.3. The first-order chi connectivity index (χ1) is 12.8. The summed E-state index contributed by atoms with van der Waals surface area (Å²) in [6.07, 6.45) is 0. The predicted molar refractivity (Wildman–Crippen MR) is 101 cm³/mol. The van der Waals surface area contributed by atoms with Gasteiger partial charge in [-0.25, -0.2) is 4.68 Å². The Labute approximate surface area is 155 Å². The number of hydrogen-bond donors (Lipinski definition) is 1. The van der Waals surface area contributed by atoms with Crippen LogP contribution in [0.2, 0.25) is 0 Å². The van der Waals surface area contributed by atoms with Crippen molar-refractivity contribution < 1.29 is 14.4 Å². The van der Waals surface area contributed by atoms with Gasteiger partial charge in [0, 0.05) is 30.9 Å². The second kappa shape index (κ2) is 7.36. The molecule has 138 valence electrons. The number of nitrogens with zero attached hydrogens (tertiary/aromatic N) is 4. The first-order valence-electron chi connectivity index (χ1n) is 8.31. The lowest BCUT2D eigenvalue weighted by molar-refractivity contribution is -0.116. The molecule has 3 rings (SSSR count). The highest BCUT2D eigenvalue weighted by molar-refractivity contribution is 6.01. The van der Waals surface area contributed by atoms with Crippen molar-refractivity contribution in [2.75, 3.05) is 18.9 Å². The van der Waals surface area contributed by atoms with Crippen LogP contribution in [0.4, 0.5) is 5.69 Å². The fourth-order valence-corrected chi connectivity index (χ4v) is 2.67. The van der Waals surface area contributed by atoms with E-state index >= 15 is 0 Å². The first kappa shape index (κ1) is 18.2. The molecule has 0 saturated heterocycles. The Morgan fingerprint density at radius 1 is 1.07 bits per heavy atom. The number of Topliss-reactive ketones (excluding diaryl/α,β-unsaturated/α-hetero) is 1. The standard InChI is InChI=1S/C19H19N5O3/c1-12(25)13-4-7-15(8-5-13)20-18(26)11-23(2)19(27)14-6-9-17-16(10-14)21-22-24(17)3/h4-10H,11H2,1-3H3,(H,20,26). The third kappa shape index (κ3) is 4.00. The van der Waals surface area contributed by atoms with Gasteiger partial charge in [0.25, 0.3) is 5.91 Å². The number of rotatable bonds is 5. The average molecular weight is 365 g/mol. The van der Waals surface area contributed by atoms with Crippen molar-refractivity contribution in [3.05, 3.63) is 53.6 Å². The number of carbonyl (C=O) groups excluding carboxylic acids is 3. The third-order valence-electron chi connectivity index (χ3n) is 4.16. The molecular weight excluding hydrogens is 346 g/mol. The summed E-state index contributed by atoms with van der Waals surface area (Å²) in [6, 6.07) is 11.7. The van der Waals surface area contributed by atoms with Gasteiger partial charge in [-0.15, -0.1) is 5.10 Å². The van der Waals surface area contributed by atoms with Crippen LogP contribution in [0.3, 0.4) is 0 Å². The fraction of sp³-hybridized carbons (Fsp3) is 0.211. The maximum Gasteiger partial charge on any atom is 0.254 e. The molecule has 0 unspecified atom stereocenters. The van der Waals surface area contributed by atoms with Crippen LogP contribution >= 0.6 is 0 Å². The Morgan fingerprint density at radius 3 is 2.41 bits per heavy atom.